The number of hydrogen-bond donors (Lipinski definition) is 1. The van der Waals surface area contributed by atoms with Gasteiger partial charge in [-0.05, 0) is 46.8 Å². The number of rotatable bonds is 7. The first-order chi connectivity index (χ1) is 7.97. The van der Waals surface area contributed by atoms with Gasteiger partial charge in [0, 0.05) is 24.7 Å². The monoisotopic (exact) mass is 241 g/mol. The van der Waals surface area contributed by atoms with Crippen molar-refractivity contribution in [2.75, 3.05) is 33.7 Å². The van der Waals surface area contributed by atoms with E-state index in [2.05, 4.69) is 37.7 Å². The van der Waals surface area contributed by atoms with Gasteiger partial charge in [0.05, 0.1) is 0 Å². The van der Waals surface area contributed by atoms with Gasteiger partial charge >= 0.3 is 0 Å². The van der Waals surface area contributed by atoms with Gasteiger partial charge < -0.3 is 10.6 Å². The lowest BCUT2D eigenvalue weighted by atomic mass is 9.94. The molecule has 0 radical (unpaired) electrons. The third-order valence-electron chi connectivity index (χ3n) is 4.16. The summed E-state index contributed by atoms with van der Waals surface area (Å²) in [7, 11) is 4.29. The van der Waals surface area contributed by atoms with Crippen molar-refractivity contribution in [2.45, 2.75) is 57.5 Å². The number of hydrogen-bond acceptors (Lipinski definition) is 3. The molecule has 1 rings (SSSR count). The molecule has 0 amide bonds. The number of nitrogens with two attached hydrogens (primary N) is 1. The average molecular weight is 241 g/mol. The van der Waals surface area contributed by atoms with E-state index in [9.17, 15) is 0 Å². The van der Waals surface area contributed by atoms with Gasteiger partial charge in [-0.1, -0.05) is 19.8 Å². The average Bonchev–Trinajstić information content (AvgIpc) is 2.65. The van der Waals surface area contributed by atoms with Crippen LogP contribution in [0.15, 0.2) is 0 Å². The Morgan fingerprint density at radius 1 is 1.24 bits per heavy atom. The summed E-state index contributed by atoms with van der Waals surface area (Å²) in [5, 5.41) is 0. The SMILES string of the molecule is CCN(CCC1(N)CCCC1)C(C)CN(C)C. The maximum Gasteiger partial charge on any atom is 0.0194 e. The fourth-order valence-corrected chi connectivity index (χ4v) is 3.03. The normalized spacial score (nSPS) is 21.4. The maximum atomic E-state index is 6.43. The van der Waals surface area contributed by atoms with E-state index >= 15 is 0 Å². The van der Waals surface area contributed by atoms with Gasteiger partial charge in [0.1, 0.15) is 0 Å². The molecule has 1 fully saturated rings. The molecule has 1 aliphatic carbocycles. The van der Waals surface area contributed by atoms with Gasteiger partial charge in [-0.25, -0.2) is 0 Å². The van der Waals surface area contributed by atoms with E-state index < -0.39 is 0 Å². The maximum absolute atomic E-state index is 6.43. The van der Waals surface area contributed by atoms with Crippen LogP contribution in [0.4, 0.5) is 0 Å². The highest BCUT2D eigenvalue weighted by Crippen LogP contribution is 2.30. The zero-order valence-electron chi connectivity index (χ0n) is 12.2. The van der Waals surface area contributed by atoms with Crippen molar-refractivity contribution in [1.29, 1.82) is 0 Å². The van der Waals surface area contributed by atoms with Crippen molar-refractivity contribution in [3.05, 3.63) is 0 Å². The summed E-state index contributed by atoms with van der Waals surface area (Å²) in [5.74, 6) is 0. The highest BCUT2D eigenvalue weighted by atomic mass is 15.2. The van der Waals surface area contributed by atoms with Crippen LogP contribution in [0.2, 0.25) is 0 Å². The molecule has 0 bridgehead atoms. The summed E-state index contributed by atoms with van der Waals surface area (Å²) in [6, 6.07) is 0.625. The molecule has 1 aliphatic rings. The highest BCUT2D eigenvalue weighted by Gasteiger charge is 2.29. The number of nitrogens with zero attached hydrogens (tertiary/aromatic N) is 2. The van der Waals surface area contributed by atoms with E-state index in [0.717, 1.165) is 19.6 Å². The smallest absolute Gasteiger partial charge is 0.0194 e. The third-order valence-corrected chi connectivity index (χ3v) is 4.16. The van der Waals surface area contributed by atoms with Crippen LogP contribution in [-0.2, 0) is 0 Å². The zero-order chi connectivity index (χ0) is 12.9. The lowest BCUT2D eigenvalue weighted by Crippen LogP contribution is -2.45. The van der Waals surface area contributed by atoms with Crippen molar-refractivity contribution in [2.24, 2.45) is 5.73 Å². The Balaban J connectivity index is 2.35. The van der Waals surface area contributed by atoms with Crippen LogP contribution in [0.5, 0.6) is 0 Å². The lowest BCUT2D eigenvalue weighted by molar-refractivity contribution is 0.166. The molecule has 0 aromatic heterocycles. The highest BCUT2D eigenvalue weighted by molar-refractivity contribution is 4.90. The molecule has 3 nitrogen and oxygen atoms in total. The molecule has 3 heteroatoms. The van der Waals surface area contributed by atoms with Crippen molar-refractivity contribution in [3.63, 3.8) is 0 Å². The zero-order valence-corrected chi connectivity index (χ0v) is 12.2. The van der Waals surface area contributed by atoms with Gasteiger partial charge in [0.2, 0.25) is 0 Å². The van der Waals surface area contributed by atoms with E-state index in [-0.39, 0.29) is 5.54 Å². The van der Waals surface area contributed by atoms with Crippen LogP contribution in [0.3, 0.4) is 0 Å². The summed E-state index contributed by atoms with van der Waals surface area (Å²) in [6.07, 6.45) is 6.28. The predicted molar refractivity (Wildman–Crippen MR) is 75.3 cm³/mol. The van der Waals surface area contributed by atoms with Crippen LogP contribution in [0.25, 0.3) is 0 Å². The van der Waals surface area contributed by atoms with E-state index in [0.29, 0.717) is 6.04 Å². The Morgan fingerprint density at radius 2 is 1.82 bits per heavy atom. The minimum Gasteiger partial charge on any atom is -0.325 e. The molecular weight excluding hydrogens is 210 g/mol. The second-order valence-corrected chi connectivity index (χ2v) is 6.06. The topological polar surface area (TPSA) is 32.5 Å². The van der Waals surface area contributed by atoms with Crippen molar-refractivity contribution in [1.82, 2.24) is 9.80 Å². The van der Waals surface area contributed by atoms with Gasteiger partial charge in [-0.3, -0.25) is 4.90 Å². The van der Waals surface area contributed by atoms with E-state index in [1.54, 1.807) is 0 Å². The Hall–Kier alpha value is -0.120. The summed E-state index contributed by atoms with van der Waals surface area (Å²) in [5.41, 5.74) is 6.57. The van der Waals surface area contributed by atoms with E-state index in [1.807, 2.05) is 0 Å². The molecule has 0 aromatic carbocycles. The predicted octanol–water partition coefficient (Wildman–Crippen LogP) is 1.92. The Morgan fingerprint density at radius 3 is 2.29 bits per heavy atom. The molecule has 1 saturated carbocycles. The van der Waals surface area contributed by atoms with Crippen molar-refractivity contribution < 1.29 is 0 Å². The van der Waals surface area contributed by atoms with Crippen molar-refractivity contribution in [3.8, 4) is 0 Å². The summed E-state index contributed by atoms with van der Waals surface area (Å²) in [4.78, 5) is 4.83. The van der Waals surface area contributed by atoms with Crippen LogP contribution in [0.1, 0.15) is 46.0 Å². The fraction of sp³-hybridized carbons (Fsp3) is 1.00. The molecule has 0 heterocycles. The molecule has 102 valence electrons. The second kappa shape index (κ2) is 6.72. The molecule has 2 N–H and O–H groups in total. The largest absolute Gasteiger partial charge is 0.325 e. The first-order valence-corrected chi connectivity index (χ1v) is 7.14. The Kier molecular flexibility index (Phi) is 5.90. The van der Waals surface area contributed by atoms with Crippen LogP contribution < -0.4 is 5.73 Å². The molecule has 0 spiro atoms. The van der Waals surface area contributed by atoms with Gasteiger partial charge in [-0.15, -0.1) is 0 Å². The van der Waals surface area contributed by atoms with Crippen molar-refractivity contribution >= 4 is 0 Å². The third kappa shape index (κ3) is 4.94. The van der Waals surface area contributed by atoms with E-state index in [4.69, 9.17) is 5.73 Å². The molecular formula is C14H31N3. The van der Waals surface area contributed by atoms with Gasteiger partial charge in [0.15, 0.2) is 0 Å². The minimum atomic E-state index is 0.144. The molecule has 1 unspecified atom stereocenters. The summed E-state index contributed by atoms with van der Waals surface area (Å²) < 4.78 is 0. The standard InChI is InChI=1S/C14H31N3/c1-5-17(13(2)12-16(3)4)11-10-14(15)8-6-7-9-14/h13H,5-12,15H2,1-4H3. The molecule has 1 atom stereocenters. The molecule has 0 saturated heterocycles. The first-order valence-electron chi connectivity index (χ1n) is 7.14. The number of likely N-dealkylation sites (N-methyl/N-ethyl adjacent to an activating group) is 2. The fourth-order valence-electron chi connectivity index (χ4n) is 3.03. The minimum absolute atomic E-state index is 0.144. The van der Waals surface area contributed by atoms with Crippen LogP contribution in [-0.4, -0.2) is 55.1 Å². The van der Waals surface area contributed by atoms with Gasteiger partial charge in [0.25, 0.3) is 0 Å². The molecule has 17 heavy (non-hydrogen) atoms. The second-order valence-electron chi connectivity index (χ2n) is 6.06. The van der Waals surface area contributed by atoms with Gasteiger partial charge in [-0.2, -0.15) is 0 Å². The summed E-state index contributed by atoms with van der Waals surface area (Å²) >= 11 is 0. The van der Waals surface area contributed by atoms with Crippen LogP contribution >= 0.6 is 0 Å². The molecule has 0 aliphatic heterocycles. The molecule has 0 aromatic rings. The first kappa shape index (κ1) is 14.9. The lowest BCUT2D eigenvalue weighted by Gasteiger charge is -2.33. The Bertz CT molecular complexity index is 210. The quantitative estimate of drug-likeness (QED) is 0.739. The van der Waals surface area contributed by atoms with E-state index in [1.165, 1.54) is 32.1 Å². The Labute approximate surface area is 107 Å². The van der Waals surface area contributed by atoms with Crippen LogP contribution in [0, 0.1) is 0 Å². The summed E-state index contributed by atoms with van der Waals surface area (Å²) in [6.45, 7) is 7.99.